The summed E-state index contributed by atoms with van der Waals surface area (Å²) in [5.74, 6) is -0.519. The predicted molar refractivity (Wildman–Crippen MR) is 78.3 cm³/mol. The van der Waals surface area contributed by atoms with Gasteiger partial charge in [0.25, 0.3) is 5.91 Å². The molecule has 1 amide bonds. The van der Waals surface area contributed by atoms with Gasteiger partial charge in [0.15, 0.2) is 6.61 Å². The maximum atomic E-state index is 11.9. The molecular weight excluding hydrogens is 256 g/mol. The van der Waals surface area contributed by atoms with Crippen LogP contribution >= 0.6 is 0 Å². The minimum atomic E-state index is -0.540. The third kappa shape index (κ3) is 4.26. The Morgan fingerprint density at radius 1 is 1.30 bits per heavy atom. The number of carbonyl (C=O) groups excluding carboxylic acids is 2. The Bertz CT molecular complexity index is 498. The van der Waals surface area contributed by atoms with Crippen molar-refractivity contribution in [3.63, 3.8) is 0 Å². The first-order chi connectivity index (χ1) is 9.32. The molecule has 20 heavy (non-hydrogen) atoms. The zero-order valence-corrected chi connectivity index (χ0v) is 12.4. The lowest BCUT2D eigenvalue weighted by Gasteiger charge is -2.17. The first kappa shape index (κ1) is 16.0. The van der Waals surface area contributed by atoms with Gasteiger partial charge in [0.2, 0.25) is 0 Å². The molecule has 5 nitrogen and oxygen atoms in total. The normalized spacial score (nSPS) is 12.1. The number of rotatable bonds is 5. The monoisotopic (exact) mass is 278 g/mol. The molecule has 0 aliphatic rings. The smallest absolute Gasteiger partial charge is 0.338 e. The van der Waals surface area contributed by atoms with E-state index in [1.54, 1.807) is 25.1 Å². The van der Waals surface area contributed by atoms with Crippen molar-refractivity contribution >= 4 is 17.6 Å². The average Bonchev–Trinajstić information content (AvgIpc) is 2.39. The molecule has 110 valence electrons. The van der Waals surface area contributed by atoms with Gasteiger partial charge in [-0.05, 0) is 37.5 Å². The van der Waals surface area contributed by atoms with Crippen LogP contribution in [0.25, 0.3) is 0 Å². The molecule has 0 heterocycles. The molecule has 0 aliphatic heterocycles. The van der Waals surface area contributed by atoms with Crippen molar-refractivity contribution in [3.05, 3.63) is 29.3 Å². The van der Waals surface area contributed by atoms with Crippen molar-refractivity contribution in [3.8, 4) is 0 Å². The molecule has 0 aliphatic carbocycles. The molecule has 0 fully saturated rings. The Morgan fingerprint density at radius 2 is 1.95 bits per heavy atom. The fourth-order valence-electron chi connectivity index (χ4n) is 1.55. The summed E-state index contributed by atoms with van der Waals surface area (Å²) < 4.78 is 5.00. The van der Waals surface area contributed by atoms with Crippen LogP contribution in [0.5, 0.6) is 0 Å². The highest BCUT2D eigenvalue weighted by molar-refractivity contribution is 5.94. The number of benzene rings is 1. The fraction of sp³-hybridized carbons (Fsp3) is 0.467. The maximum absolute atomic E-state index is 11.9. The van der Waals surface area contributed by atoms with Gasteiger partial charge in [-0.25, -0.2) is 4.79 Å². The van der Waals surface area contributed by atoms with E-state index in [0.717, 1.165) is 0 Å². The molecule has 0 bridgehead atoms. The zero-order valence-electron chi connectivity index (χ0n) is 12.4. The van der Waals surface area contributed by atoms with Crippen molar-refractivity contribution in [2.45, 2.75) is 33.7 Å². The number of ether oxygens (including phenoxy) is 1. The second-order valence-electron chi connectivity index (χ2n) is 5.20. The standard InChI is InChI=1S/C15H22N2O3/c1-9(2)11(4)17-14(18)8-20-15(19)12-6-5-7-13(16)10(12)3/h5-7,9,11H,8,16H2,1-4H3,(H,17,18). The highest BCUT2D eigenvalue weighted by Gasteiger charge is 2.15. The summed E-state index contributed by atoms with van der Waals surface area (Å²) in [5.41, 5.74) is 7.30. The number of carbonyl (C=O) groups is 2. The van der Waals surface area contributed by atoms with Crippen molar-refractivity contribution in [1.29, 1.82) is 0 Å². The molecule has 1 aromatic rings. The van der Waals surface area contributed by atoms with E-state index in [9.17, 15) is 9.59 Å². The van der Waals surface area contributed by atoms with E-state index in [1.165, 1.54) is 0 Å². The van der Waals surface area contributed by atoms with Gasteiger partial charge >= 0.3 is 5.97 Å². The molecular formula is C15H22N2O3. The van der Waals surface area contributed by atoms with E-state index in [-0.39, 0.29) is 18.6 Å². The predicted octanol–water partition coefficient (Wildman–Crippen LogP) is 1.89. The van der Waals surface area contributed by atoms with Crippen molar-refractivity contribution in [1.82, 2.24) is 5.32 Å². The highest BCUT2D eigenvalue weighted by Crippen LogP contribution is 2.16. The zero-order chi connectivity index (χ0) is 15.3. The van der Waals surface area contributed by atoms with Crippen LogP contribution in [-0.4, -0.2) is 24.5 Å². The first-order valence-electron chi connectivity index (χ1n) is 6.64. The highest BCUT2D eigenvalue weighted by atomic mass is 16.5. The maximum Gasteiger partial charge on any atom is 0.338 e. The summed E-state index contributed by atoms with van der Waals surface area (Å²) in [5, 5.41) is 2.77. The van der Waals surface area contributed by atoms with Gasteiger partial charge in [0.05, 0.1) is 5.56 Å². The Balaban J connectivity index is 2.55. The summed E-state index contributed by atoms with van der Waals surface area (Å²) in [6.45, 7) is 7.38. The van der Waals surface area contributed by atoms with E-state index in [0.29, 0.717) is 22.7 Å². The summed E-state index contributed by atoms with van der Waals surface area (Å²) in [6.07, 6.45) is 0. The van der Waals surface area contributed by atoms with E-state index in [1.807, 2.05) is 20.8 Å². The molecule has 0 radical (unpaired) electrons. The third-order valence-corrected chi connectivity index (χ3v) is 3.32. The summed E-state index contributed by atoms with van der Waals surface area (Å²) in [7, 11) is 0. The Morgan fingerprint density at radius 3 is 2.55 bits per heavy atom. The van der Waals surface area contributed by atoms with E-state index >= 15 is 0 Å². The van der Waals surface area contributed by atoms with E-state index < -0.39 is 5.97 Å². The molecule has 1 aromatic carbocycles. The summed E-state index contributed by atoms with van der Waals surface area (Å²) in [6, 6.07) is 5.06. The molecule has 0 aromatic heterocycles. The average molecular weight is 278 g/mol. The van der Waals surface area contributed by atoms with Crippen LogP contribution in [0.15, 0.2) is 18.2 Å². The number of amides is 1. The van der Waals surface area contributed by atoms with Crippen LogP contribution < -0.4 is 11.1 Å². The largest absolute Gasteiger partial charge is 0.452 e. The van der Waals surface area contributed by atoms with E-state index in [4.69, 9.17) is 10.5 Å². The lowest BCUT2D eigenvalue weighted by Crippen LogP contribution is -2.38. The van der Waals surface area contributed by atoms with Crippen molar-refractivity contribution in [2.75, 3.05) is 12.3 Å². The minimum absolute atomic E-state index is 0.0373. The number of nitrogens with one attached hydrogen (secondary N) is 1. The fourth-order valence-corrected chi connectivity index (χ4v) is 1.55. The Kier molecular flexibility index (Phi) is 5.55. The van der Waals surface area contributed by atoms with Crippen LogP contribution in [0.1, 0.15) is 36.7 Å². The number of anilines is 1. The molecule has 1 atom stereocenters. The van der Waals surface area contributed by atoms with Crippen molar-refractivity contribution < 1.29 is 14.3 Å². The van der Waals surface area contributed by atoms with Crippen LogP contribution in [-0.2, 0) is 9.53 Å². The Labute approximate surface area is 119 Å². The van der Waals surface area contributed by atoms with Gasteiger partial charge in [0.1, 0.15) is 0 Å². The number of esters is 1. The molecule has 0 saturated heterocycles. The molecule has 0 saturated carbocycles. The van der Waals surface area contributed by atoms with Gasteiger partial charge in [-0.1, -0.05) is 19.9 Å². The van der Waals surface area contributed by atoms with Gasteiger partial charge in [-0.3, -0.25) is 4.79 Å². The molecule has 1 unspecified atom stereocenters. The van der Waals surface area contributed by atoms with Crippen LogP contribution in [0, 0.1) is 12.8 Å². The molecule has 5 heteroatoms. The SMILES string of the molecule is Cc1c(N)cccc1C(=O)OCC(=O)NC(C)C(C)C. The number of nitrogen functional groups attached to an aromatic ring is 1. The third-order valence-electron chi connectivity index (χ3n) is 3.32. The number of hydrogen-bond acceptors (Lipinski definition) is 4. The van der Waals surface area contributed by atoms with Crippen molar-refractivity contribution in [2.24, 2.45) is 5.92 Å². The molecule has 1 rings (SSSR count). The lowest BCUT2D eigenvalue weighted by atomic mass is 10.1. The summed E-state index contributed by atoms with van der Waals surface area (Å²) in [4.78, 5) is 23.5. The minimum Gasteiger partial charge on any atom is -0.452 e. The summed E-state index contributed by atoms with van der Waals surface area (Å²) >= 11 is 0. The molecule has 3 N–H and O–H groups in total. The molecule has 0 spiro atoms. The second-order valence-corrected chi connectivity index (χ2v) is 5.20. The second kappa shape index (κ2) is 6.93. The quantitative estimate of drug-likeness (QED) is 0.636. The van der Waals surface area contributed by atoms with Crippen LogP contribution in [0.2, 0.25) is 0 Å². The number of hydrogen-bond donors (Lipinski definition) is 2. The van der Waals surface area contributed by atoms with Gasteiger partial charge < -0.3 is 15.8 Å². The van der Waals surface area contributed by atoms with Crippen LogP contribution in [0.3, 0.4) is 0 Å². The van der Waals surface area contributed by atoms with E-state index in [2.05, 4.69) is 5.32 Å². The first-order valence-corrected chi connectivity index (χ1v) is 6.64. The topological polar surface area (TPSA) is 81.4 Å². The van der Waals surface area contributed by atoms with Gasteiger partial charge in [0, 0.05) is 11.7 Å². The van der Waals surface area contributed by atoms with Crippen LogP contribution in [0.4, 0.5) is 5.69 Å². The Hall–Kier alpha value is -2.04. The van der Waals surface area contributed by atoms with Gasteiger partial charge in [-0.2, -0.15) is 0 Å². The number of nitrogens with two attached hydrogens (primary N) is 1. The lowest BCUT2D eigenvalue weighted by molar-refractivity contribution is -0.125. The van der Waals surface area contributed by atoms with Gasteiger partial charge in [-0.15, -0.1) is 0 Å².